The maximum Gasteiger partial charge on any atom is 0.231 e. The standard InChI is InChI=1S/C20H33N3O2/c1-5-20(6-2,14-21)19(24)22-18-9-7-8-17(10-18)13-23-11-15(3)25-16(4)12-23/h7-10,15-16H,5-6,11-14,21H2,1-4H3,(H,22,24). The molecule has 1 saturated heterocycles. The number of hydrogen-bond donors (Lipinski definition) is 2. The van der Waals surface area contributed by atoms with Crippen molar-refractivity contribution in [2.75, 3.05) is 25.0 Å². The second-order valence-electron chi connectivity index (χ2n) is 7.30. The van der Waals surface area contributed by atoms with Gasteiger partial charge < -0.3 is 15.8 Å². The molecule has 2 rings (SSSR count). The van der Waals surface area contributed by atoms with Crippen LogP contribution in [0, 0.1) is 5.41 Å². The van der Waals surface area contributed by atoms with Gasteiger partial charge in [-0.1, -0.05) is 26.0 Å². The molecule has 140 valence electrons. The number of ether oxygens (including phenoxy) is 1. The normalized spacial score (nSPS) is 22.0. The molecule has 1 aliphatic heterocycles. The van der Waals surface area contributed by atoms with E-state index in [1.54, 1.807) is 0 Å². The molecule has 0 saturated carbocycles. The van der Waals surface area contributed by atoms with Crippen molar-refractivity contribution in [1.29, 1.82) is 0 Å². The minimum absolute atomic E-state index is 0.0192. The number of anilines is 1. The van der Waals surface area contributed by atoms with Gasteiger partial charge >= 0.3 is 0 Å². The summed E-state index contributed by atoms with van der Waals surface area (Å²) < 4.78 is 5.79. The summed E-state index contributed by atoms with van der Waals surface area (Å²) in [6.45, 7) is 11.4. The van der Waals surface area contributed by atoms with Crippen LogP contribution in [-0.4, -0.2) is 42.6 Å². The van der Waals surface area contributed by atoms with Crippen molar-refractivity contribution in [3.8, 4) is 0 Å². The van der Waals surface area contributed by atoms with Gasteiger partial charge in [0.1, 0.15) is 0 Å². The lowest BCUT2D eigenvalue weighted by Crippen LogP contribution is -2.44. The van der Waals surface area contributed by atoms with Gasteiger partial charge in [0.15, 0.2) is 0 Å². The first-order valence-corrected chi connectivity index (χ1v) is 9.40. The summed E-state index contributed by atoms with van der Waals surface area (Å²) in [5, 5.41) is 3.07. The third kappa shape index (κ3) is 5.03. The molecule has 0 spiro atoms. The fourth-order valence-electron chi connectivity index (χ4n) is 3.64. The van der Waals surface area contributed by atoms with Crippen LogP contribution >= 0.6 is 0 Å². The van der Waals surface area contributed by atoms with Crippen molar-refractivity contribution in [3.63, 3.8) is 0 Å². The Morgan fingerprint density at radius 2 is 1.92 bits per heavy atom. The van der Waals surface area contributed by atoms with Crippen molar-refractivity contribution in [3.05, 3.63) is 29.8 Å². The lowest BCUT2D eigenvalue weighted by molar-refractivity contribution is -0.125. The van der Waals surface area contributed by atoms with E-state index in [4.69, 9.17) is 10.5 Å². The highest BCUT2D eigenvalue weighted by atomic mass is 16.5. The van der Waals surface area contributed by atoms with Crippen LogP contribution in [0.1, 0.15) is 46.1 Å². The Kier molecular flexibility index (Phi) is 6.99. The van der Waals surface area contributed by atoms with E-state index in [9.17, 15) is 4.79 Å². The van der Waals surface area contributed by atoms with E-state index in [2.05, 4.69) is 36.2 Å². The van der Waals surface area contributed by atoms with E-state index in [0.29, 0.717) is 6.54 Å². The lowest BCUT2D eigenvalue weighted by atomic mass is 9.81. The molecule has 0 aliphatic carbocycles. The Morgan fingerprint density at radius 1 is 1.28 bits per heavy atom. The highest BCUT2D eigenvalue weighted by Crippen LogP contribution is 2.27. The van der Waals surface area contributed by atoms with Gasteiger partial charge in [-0.05, 0) is 44.4 Å². The van der Waals surface area contributed by atoms with Crippen LogP contribution in [0.25, 0.3) is 0 Å². The molecule has 2 atom stereocenters. The second kappa shape index (κ2) is 8.79. The summed E-state index contributed by atoms with van der Waals surface area (Å²) in [5.74, 6) is 0.0192. The average molecular weight is 348 g/mol. The third-order valence-corrected chi connectivity index (χ3v) is 5.31. The smallest absolute Gasteiger partial charge is 0.231 e. The lowest BCUT2D eigenvalue weighted by Gasteiger charge is -2.35. The first-order valence-electron chi connectivity index (χ1n) is 9.40. The van der Waals surface area contributed by atoms with Gasteiger partial charge in [0.25, 0.3) is 0 Å². The van der Waals surface area contributed by atoms with Crippen LogP contribution in [0.4, 0.5) is 5.69 Å². The van der Waals surface area contributed by atoms with Crippen LogP contribution in [0.5, 0.6) is 0 Å². The molecule has 1 heterocycles. The topological polar surface area (TPSA) is 67.6 Å². The van der Waals surface area contributed by atoms with Crippen LogP contribution < -0.4 is 11.1 Å². The number of carbonyl (C=O) groups excluding carboxylic acids is 1. The van der Waals surface area contributed by atoms with Gasteiger partial charge in [-0.2, -0.15) is 0 Å². The zero-order valence-corrected chi connectivity index (χ0v) is 16.0. The molecule has 1 amide bonds. The number of nitrogens with one attached hydrogen (secondary N) is 1. The van der Waals surface area contributed by atoms with Crippen molar-refractivity contribution in [1.82, 2.24) is 4.90 Å². The Morgan fingerprint density at radius 3 is 2.48 bits per heavy atom. The number of amides is 1. The SMILES string of the molecule is CCC(CC)(CN)C(=O)Nc1cccc(CN2CC(C)OC(C)C2)c1. The van der Waals surface area contributed by atoms with Gasteiger partial charge in [-0.15, -0.1) is 0 Å². The Balaban J connectivity index is 2.04. The molecule has 5 nitrogen and oxygen atoms in total. The van der Waals surface area contributed by atoms with Crippen LogP contribution in [0.2, 0.25) is 0 Å². The fraction of sp³-hybridized carbons (Fsp3) is 0.650. The first-order chi connectivity index (χ1) is 11.9. The highest BCUT2D eigenvalue weighted by molar-refractivity contribution is 5.95. The zero-order valence-electron chi connectivity index (χ0n) is 16.0. The molecule has 3 N–H and O–H groups in total. The molecule has 25 heavy (non-hydrogen) atoms. The van der Waals surface area contributed by atoms with Crippen molar-refractivity contribution in [2.24, 2.45) is 11.1 Å². The molecule has 2 unspecified atom stereocenters. The fourth-order valence-corrected chi connectivity index (χ4v) is 3.64. The molecule has 0 radical (unpaired) electrons. The van der Waals surface area contributed by atoms with E-state index in [1.807, 2.05) is 26.0 Å². The molecule has 5 heteroatoms. The summed E-state index contributed by atoms with van der Waals surface area (Å²) in [7, 11) is 0. The average Bonchev–Trinajstić information content (AvgIpc) is 2.56. The summed E-state index contributed by atoms with van der Waals surface area (Å²) in [4.78, 5) is 15.1. The molecule has 1 fully saturated rings. The minimum atomic E-state index is -0.481. The van der Waals surface area contributed by atoms with E-state index < -0.39 is 5.41 Å². The molecular weight excluding hydrogens is 314 g/mol. The van der Waals surface area contributed by atoms with Gasteiger partial charge in [-0.25, -0.2) is 0 Å². The first kappa shape index (κ1) is 19.9. The molecule has 0 aromatic heterocycles. The highest BCUT2D eigenvalue weighted by Gasteiger charge is 2.33. The maximum absolute atomic E-state index is 12.7. The Bertz CT molecular complexity index is 554. The van der Waals surface area contributed by atoms with Crippen molar-refractivity contribution >= 4 is 11.6 Å². The van der Waals surface area contributed by atoms with E-state index in [1.165, 1.54) is 5.56 Å². The zero-order chi connectivity index (χ0) is 18.4. The van der Waals surface area contributed by atoms with Gasteiger partial charge in [0.2, 0.25) is 5.91 Å². The summed E-state index contributed by atoms with van der Waals surface area (Å²) in [6, 6.07) is 8.12. The van der Waals surface area contributed by atoms with E-state index >= 15 is 0 Å². The van der Waals surface area contributed by atoms with Crippen molar-refractivity contribution < 1.29 is 9.53 Å². The number of rotatable bonds is 7. The van der Waals surface area contributed by atoms with Crippen LogP contribution in [-0.2, 0) is 16.1 Å². The monoisotopic (exact) mass is 347 g/mol. The summed E-state index contributed by atoms with van der Waals surface area (Å²) >= 11 is 0. The third-order valence-electron chi connectivity index (χ3n) is 5.31. The Labute approximate surface area is 151 Å². The predicted molar refractivity (Wildman–Crippen MR) is 102 cm³/mol. The molecule has 1 aliphatic rings. The number of hydrogen-bond acceptors (Lipinski definition) is 4. The van der Waals surface area contributed by atoms with E-state index in [-0.39, 0.29) is 18.1 Å². The Hall–Kier alpha value is -1.43. The number of carbonyl (C=O) groups is 1. The molecule has 1 aromatic rings. The number of benzene rings is 1. The number of nitrogens with zero attached hydrogens (tertiary/aromatic N) is 1. The second-order valence-corrected chi connectivity index (χ2v) is 7.30. The summed E-state index contributed by atoms with van der Waals surface area (Å²) in [5.41, 5.74) is 7.45. The largest absolute Gasteiger partial charge is 0.373 e. The summed E-state index contributed by atoms with van der Waals surface area (Å²) in [6.07, 6.45) is 2.00. The minimum Gasteiger partial charge on any atom is -0.373 e. The number of morpholine rings is 1. The molecule has 1 aromatic carbocycles. The van der Waals surface area contributed by atoms with Crippen LogP contribution in [0.3, 0.4) is 0 Å². The van der Waals surface area contributed by atoms with Gasteiger partial charge in [0, 0.05) is 31.9 Å². The number of nitrogens with two attached hydrogens (primary N) is 1. The van der Waals surface area contributed by atoms with E-state index in [0.717, 1.165) is 38.2 Å². The molecular formula is C20H33N3O2. The van der Waals surface area contributed by atoms with Gasteiger partial charge in [0.05, 0.1) is 17.6 Å². The van der Waals surface area contributed by atoms with Crippen LogP contribution in [0.15, 0.2) is 24.3 Å². The predicted octanol–water partition coefficient (Wildman–Crippen LogP) is 3.00. The molecule has 0 bridgehead atoms. The maximum atomic E-state index is 12.7. The van der Waals surface area contributed by atoms with Gasteiger partial charge in [-0.3, -0.25) is 9.69 Å². The quantitative estimate of drug-likeness (QED) is 0.796. The van der Waals surface area contributed by atoms with Crippen molar-refractivity contribution in [2.45, 2.75) is 59.3 Å².